The topological polar surface area (TPSA) is 96.7 Å². The van der Waals surface area contributed by atoms with Crippen LogP contribution < -0.4 is 0 Å². The van der Waals surface area contributed by atoms with Gasteiger partial charge in [0, 0.05) is 24.4 Å². The maximum atomic E-state index is 11.4. The molecule has 0 aliphatic rings. The number of carbonyl (C=O) groups excluding carboxylic acids is 2. The van der Waals surface area contributed by atoms with Crippen molar-refractivity contribution in [1.29, 1.82) is 0 Å². The number of esters is 1. The van der Waals surface area contributed by atoms with Gasteiger partial charge in [0.05, 0.1) is 13.2 Å². The Kier molecular flexibility index (Phi) is 6.12. The molecule has 1 aromatic rings. The van der Waals surface area contributed by atoms with Gasteiger partial charge in [-0.1, -0.05) is 11.8 Å². The smallest absolute Gasteiger partial charge is 0.356 e. The molecule has 7 heteroatoms. The fraction of sp³-hybridized carbons (Fsp3) is 0.462. The molecule has 0 spiro atoms. The first-order valence-electron chi connectivity index (χ1n) is 5.91. The van der Waals surface area contributed by atoms with Crippen LogP contribution in [0.15, 0.2) is 12.3 Å². The average molecular weight is 299 g/mol. The zero-order valence-electron chi connectivity index (χ0n) is 11.5. The molecule has 6 nitrogen and oxygen atoms in total. The third-order valence-corrected chi connectivity index (χ3v) is 3.56. The molecule has 0 aliphatic carbocycles. The number of pyridine rings is 1. The zero-order valence-corrected chi connectivity index (χ0v) is 12.3. The van der Waals surface area contributed by atoms with Crippen LogP contribution in [0.3, 0.4) is 0 Å². The molecule has 20 heavy (non-hydrogen) atoms. The van der Waals surface area contributed by atoms with Crippen LogP contribution in [0, 0.1) is 6.92 Å². The summed E-state index contributed by atoms with van der Waals surface area (Å²) in [5.41, 5.74) is 1.09. The van der Waals surface area contributed by atoms with E-state index in [1.807, 2.05) is 0 Å². The van der Waals surface area contributed by atoms with E-state index in [4.69, 9.17) is 0 Å². The molecular weight excluding hydrogens is 282 g/mol. The molecule has 1 rings (SSSR count). The minimum Gasteiger partial charge on any atom is -0.464 e. The Morgan fingerprint density at radius 3 is 2.60 bits per heavy atom. The van der Waals surface area contributed by atoms with Crippen molar-refractivity contribution in [3.05, 3.63) is 29.1 Å². The number of aromatic nitrogens is 1. The minimum atomic E-state index is -1.17. The molecule has 110 valence electrons. The van der Waals surface area contributed by atoms with Gasteiger partial charge in [0.1, 0.15) is 6.10 Å². The average Bonchev–Trinajstić information content (AvgIpc) is 2.42. The minimum absolute atomic E-state index is 0.0916. The maximum Gasteiger partial charge on any atom is 0.356 e. The van der Waals surface area contributed by atoms with Crippen LogP contribution in [0.5, 0.6) is 0 Å². The van der Waals surface area contributed by atoms with Crippen molar-refractivity contribution in [3.63, 3.8) is 0 Å². The predicted octanol–water partition coefficient (Wildman–Crippen LogP) is 0.851. The highest BCUT2D eigenvalue weighted by molar-refractivity contribution is 8.13. The van der Waals surface area contributed by atoms with Gasteiger partial charge in [-0.15, -0.1) is 0 Å². The fourth-order valence-corrected chi connectivity index (χ4v) is 2.17. The predicted molar refractivity (Wildman–Crippen MR) is 74.4 cm³/mol. The number of aryl methyl sites for hydroxylation is 1. The van der Waals surface area contributed by atoms with Crippen LogP contribution in [0.4, 0.5) is 0 Å². The molecule has 0 aromatic carbocycles. The molecule has 0 aliphatic heterocycles. The monoisotopic (exact) mass is 299 g/mol. The second-order valence-electron chi connectivity index (χ2n) is 4.24. The summed E-state index contributed by atoms with van der Waals surface area (Å²) < 4.78 is 4.58. The molecule has 0 saturated heterocycles. The molecule has 2 unspecified atom stereocenters. The van der Waals surface area contributed by atoms with Gasteiger partial charge < -0.3 is 14.9 Å². The Morgan fingerprint density at radius 2 is 2.10 bits per heavy atom. The van der Waals surface area contributed by atoms with Gasteiger partial charge in [-0.3, -0.25) is 4.79 Å². The van der Waals surface area contributed by atoms with Crippen molar-refractivity contribution in [2.75, 3.05) is 12.9 Å². The van der Waals surface area contributed by atoms with E-state index in [1.165, 1.54) is 20.2 Å². The SMILES string of the molecule is COC(=O)c1ncc(C(O)C(O)CSC(C)=O)cc1C. The molecule has 2 atom stereocenters. The van der Waals surface area contributed by atoms with E-state index in [2.05, 4.69) is 9.72 Å². The number of nitrogens with zero attached hydrogens (tertiary/aromatic N) is 1. The van der Waals surface area contributed by atoms with Gasteiger partial charge in [-0.05, 0) is 18.6 Å². The van der Waals surface area contributed by atoms with E-state index in [9.17, 15) is 19.8 Å². The molecule has 0 radical (unpaired) electrons. The fourth-order valence-electron chi connectivity index (χ4n) is 1.58. The van der Waals surface area contributed by atoms with Crippen molar-refractivity contribution in [2.45, 2.75) is 26.1 Å². The molecule has 0 bridgehead atoms. The number of hydrogen-bond acceptors (Lipinski definition) is 7. The first kappa shape index (κ1) is 16.6. The molecular formula is C13H17NO5S. The van der Waals surface area contributed by atoms with E-state index in [0.717, 1.165) is 11.8 Å². The highest BCUT2D eigenvalue weighted by atomic mass is 32.2. The Labute approximate surface area is 121 Å². The summed E-state index contributed by atoms with van der Waals surface area (Å²) in [4.78, 5) is 26.1. The maximum absolute atomic E-state index is 11.4. The standard InChI is InChI=1S/C13H17NO5S/c1-7-4-9(5-14-11(7)13(18)19-3)12(17)10(16)6-20-8(2)15/h4-5,10,12,16-17H,6H2,1-3H3. The Morgan fingerprint density at radius 1 is 1.45 bits per heavy atom. The highest BCUT2D eigenvalue weighted by Gasteiger charge is 2.21. The van der Waals surface area contributed by atoms with Gasteiger partial charge in [0.15, 0.2) is 10.8 Å². The van der Waals surface area contributed by atoms with Crippen molar-refractivity contribution >= 4 is 22.8 Å². The van der Waals surface area contributed by atoms with E-state index in [1.54, 1.807) is 13.0 Å². The van der Waals surface area contributed by atoms with Crippen LogP contribution in [0.2, 0.25) is 0 Å². The molecule has 1 heterocycles. The van der Waals surface area contributed by atoms with Crippen molar-refractivity contribution in [3.8, 4) is 0 Å². The summed E-state index contributed by atoms with van der Waals surface area (Å²) in [5.74, 6) is -0.467. The van der Waals surface area contributed by atoms with Crippen molar-refractivity contribution < 1.29 is 24.5 Å². The first-order chi connectivity index (χ1) is 9.36. The largest absolute Gasteiger partial charge is 0.464 e. The van der Waals surface area contributed by atoms with Crippen molar-refractivity contribution in [2.24, 2.45) is 0 Å². The lowest BCUT2D eigenvalue weighted by Gasteiger charge is -2.17. The van der Waals surface area contributed by atoms with E-state index in [0.29, 0.717) is 11.1 Å². The van der Waals surface area contributed by atoms with E-state index >= 15 is 0 Å². The lowest BCUT2D eigenvalue weighted by molar-refractivity contribution is -0.109. The van der Waals surface area contributed by atoms with Gasteiger partial charge in [0.2, 0.25) is 0 Å². The molecule has 0 fully saturated rings. The number of hydrogen-bond donors (Lipinski definition) is 2. The molecule has 1 aromatic heterocycles. The van der Waals surface area contributed by atoms with Crippen LogP contribution in [0.25, 0.3) is 0 Å². The number of ether oxygens (including phenoxy) is 1. The number of rotatable bonds is 5. The number of carbonyl (C=O) groups is 2. The number of thioether (sulfide) groups is 1. The van der Waals surface area contributed by atoms with Crippen LogP contribution in [-0.4, -0.2) is 45.2 Å². The molecule has 2 N–H and O–H groups in total. The summed E-state index contributed by atoms with van der Waals surface area (Å²) in [6.07, 6.45) is -0.945. The molecule has 0 amide bonds. The number of methoxy groups -OCH3 is 1. The third-order valence-electron chi connectivity index (χ3n) is 2.64. The number of aliphatic hydroxyl groups excluding tert-OH is 2. The Bertz CT molecular complexity index is 506. The Hall–Kier alpha value is -1.44. The normalized spacial score (nSPS) is 13.7. The quantitative estimate of drug-likeness (QED) is 0.778. The summed E-state index contributed by atoms with van der Waals surface area (Å²) in [5, 5.41) is 19.6. The van der Waals surface area contributed by atoms with Gasteiger partial charge in [-0.25, -0.2) is 9.78 Å². The summed E-state index contributed by atoms with van der Waals surface area (Å²) in [7, 11) is 1.26. The van der Waals surface area contributed by atoms with E-state index < -0.39 is 18.2 Å². The van der Waals surface area contributed by atoms with Gasteiger partial charge in [0.25, 0.3) is 0 Å². The highest BCUT2D eigenvalue weighted by Crippen LogP contribution is 2.21. The Balaban J connectivity index is 2.84. The third kappa shape index (κ3) is 4.29. The van der Waals surface area contributed by atoms with Crippen LogP contribution >= 0.6 is 11.8 Å². The van der Waals surface area contributed by atoms with E-state index in [-0.39, 0.29) is 16.6 Å². The second-order valence-corrected chi connectivity index (χ2v) is 5.44. The van der Waals surface area contributed by atoms with Crippen molar-refractivity contribution in [1.82, 2.24) is 4.98 Å². The lowest BCUT2D eigenvalue weighted by atomic mass is 10.0. The lowest BCUT2D eigenvalue weighted by Crippen LogP contribution is -2.22. The van der Waals surface area contributed by atoms with Gasteiger partial charge in [-0.2, -0.15) is 0 Å². The molecule has 0 saturated carbocycles. The number of aliphatic hydroxyl groups is 2. The van der Waals surface area contributed by atoms with Crippen LogP contribution in [-0.2, 0) is 9.53 Å². The summed E-state index contributed by atoms with van der Waals surface area (Å²) >= 11 is 0.935. The summed E-state index contributed by atoms with van der Waals surface area (Å²) in [6.45, 7) is 3.05. The first-order valence-corrected chi connectivity index (χ1v) is 6.89. The second kappa shape index (κ2) is 7.37. The summed E-state index contributed by atoms with van der Waals surface area (Å²) in [6, 6.07) is 1.56. The van der Waals surface area contributed by atoms with Crippen LogP contribution in [0.1, 0.15) is 34.6 Å². The zero-order chi connectivity index (χ0) is 15.3. The van der Waals surface area contributed by atoms with Gasteiger partial charge >= 0.3 is 5.97 Å².